The van der Waals surface area contributed by atoms with Gasteiger partial charge in [0.1, 0.15) is 6.04 Å². The summed E-state index contributed by atoms with van der Waals surface area (Å²) in [4.78, 5) is 11.5. The largest absolute Gasteiger partial charge is 0.388 e. The first-order valence-corrected chi connectivity index (χ1v) is 5.40. The van der Waals surface area contributed by atoms with Gasteiger partial charge in [0, 0.05) is 39.7 Å². The molecule has 1 rings (SSSR count). The van der Waals surface area contributed by atoms with Gasteiger partial charge in [-0.05, 0) is 0 Å². The smallest absolute Gasteiger partial charge is 0.239 e. The van der Waals surface area contributed by atoms with Crippen LogP contribution in [0.1, 0.15) is 12.8 Å². The summed E-state index contributed by atoms with van der Waals surface area (Å²) in [6.07, 6.45) is 1.07. The van der Waals surface area contributed by atoms with Gasteiger partial charge in [0.2, 0.25) is 5.91 Å². The Bertz CT molecular complexity index is 229. The van der Waals surface area contributed by atoms with Crippen molar-refractivity contribution >= 4 is 5.91 Å². The molecule has 94 valence electrons. The van der Waals surface area contributed by atoms with Gasteiger partial charge in [-0.25, -0.2) is 0 Å². The molecular formula is C10H20N2O4. The molecule has 0 saturated carbocycles. The second kappa shape index (κ2) is 6.15. The topological polar surface area (TPSA) is 93.8 Å². The van der Waals surface area contributed by atoms with Gasteiger partial charge in [0.15, 0.2) is 0 Å². The molecule has 1 aliphatic rings. The molecule has 0 aromatic heterocycles. The molecule has 1 amide bonds. The van der Waals surface area contributed by atoms with Crippen molar-refractivity contribution in [3.8, 4) is 0 Å². The van der Waals surface area contributed by atoms with E-state index in [1.54, 1.807) is 0 Å². The van der Waals surface area contributed by atoms with Gasteiger partial charge in [0.05, 0.1) is 12.2 Å². The maximum atomic E-state index is 11.5. The molecule has 0 aromatic rings. The predicted octanol–water partition coefficient (Wildman–Crippen LogP) is -1.38. The Kier molecular flexibility index (Phi) is 5.14. The minimum Gasteiger partial charge on any atom is -0.388 e. The van der Waals surface area contributed by atoms with Crippen molar-refractivity contribution in [2.45, 2.75) is 24.5 Å². The zero-order chi connectivity index (χ0) is 12.0. The monoisotopic (exact) mass is 232 g/mol. The van der Waals surface area contributed by atoms with Crippen LogP contribution in [0.2, 0.25) is 0 Å². The lowest BCUT2D eigenvalue weighted by Gasteiger charge is -2.32. The fraction of sp³-hybridized carbons (Fsp3) is 0.900. The Morgan fingerprint density at radius 3 is 2.81 bits per heavy atom. The van der Waals surface area contributed by atoms with Gasteiger partial charge in [0.25, 0.3) is 0 Å². The molecule has 1 unspecified atom stereocenters. The second-order valence-electron chi connectivity index (χ2n) is 4.12. The van der Waals surface area contributed by atoms with Gasteiger partial charge >= 0.3 is 0 Å². The van der Waals surface area contributed by atoms with Crippen molar-refractivity contribution in [3.05, 3.63) is 0 Å². The highest BCUT2D eigenvalue weighted by Gasteiger charge is 2.30. The predicted molar refractivity (Wildman–Crippen MR) is 57.9 cm³/mol. The van der Waals surface area contributed by atoms with E-state index >= 15 is 0 Å². The molecule has 1 heterocycles. The van der Waals surface area contributed by atoms with E-state index in [9.17, 15) is 9.90 Å². The van der Waals surface area contributed by atoms with Crippen LogP contribution in [0.4, 0.5) is 0 Å². The lowest BCUT2D eigenvalue weighted by Crippen LogP contribution is -2.51. The van der Waals surface area contributed by atoms with Crippen LogP contribution in [-0.4, -0.2) is 56.1 Å². The van der Waals surface area contributed by atoms with Gasteiger partial charge in [-0.1, -0.05) is 0 Å². The number of ether oxygens (including phenoxy) is 2. The molecule has 1 fully saturated rings. The Labute approximate surface area is 95.1 Å². The number of nitrogens with one attached hydrogen (secondary N) is 1. The van der Waals surface area contributed by atoms with Gasteiger partial charge < -0.3 is 25.6 Å². The molecule has 6 heteroatoms. The summed E-state index contributed by atoms with van der Waals surface area (Å²) in [6.45, 7) is 1.44. The first-order valence-electron chi connectivity index (χ1n) is 5.40. The molecule has 0 spiro atoms. The minimum atomic E-state index is -0.860. The zero-order valence-electron chi connectivity index (χ0n) is 9.57. The van der Waals surface area contributed by atoms with Gasteiger partial charge in [-0.3, -0.25) is 4.79 Å². The molecule has 0 bridgehead atoms. The summed E-state index contributed by atoms with van der Waals surface area (Å²) in [7, 11) is 1.49. The number of hydrogen-bond donors (Lipinski definition) is 3. The first-order chi connectivity index (χ1) is 7.57. The van der Waals surface area contributed by atoms with Crippen LogP contribution in [0.25, 0.3) is 0 Å². The first kappa shape index (κ1) is 13.4. The van der Waals surface area contributed by atoms with E-state index in [1.165, 1.54) is 7.11 Å². The molecule has 1 saturated heterocycles. The van der Waals surface area contributed by atoms with Crippen molar-refractivity contribution in [3.63, 3.8) is 0 Å². The van der Waals surface area contributed by atoms with Crippen molar-refractivity contribution in [1.82, 2.24) is 5.32 Å². The van der Waals surface area contributed by atoms with E-state index in [0.29, 0.717) is 26.1 Å². The normalized spacial score (nSPS) is 21.4. The van der Waals surface area contributed by atoms with Crippen LogP contribution in [0, 0.1) is 0 Å². The maximum Gasteiger partial charge on any atom is 0.239 e. The summed E-state index contributed by atoms with van der Waals surface area (Å²) < 4.78 is 9.91. The minimum absolute atomic E-state index is 0.174. The third-order valence-corrected chi connectivity index (χ3v) is 2.70. The van der Waals surface area contributed by atoms with Crippen molar-refractivity contribution in [2.75, 3.05) is 33.5 Å². The van der Waals surface area contributed by atoms with E-state index in [-0.39, 0.29) is 19.1 Å². The van der Waals surface area contributed by atoms with E-state index in [4.69, 9.17) is 15.2 Å². The quantitative estimate of drug-likeness (QED) is 0.543. The Hall–Kier alpha value is -0.690. The van der Waals surface area contributed by atoms with E-state index < -0.39 is 11.6 Å². The lowest BCUT2D eigenvalue weighted by molar-refractivity contribution is -0.126. The Morgan fingerprint density at radius 2 is 2.25 bits per heavy atom. The highest BCUT2D eigenvalue weighted by molar-refractivity contribution is 5.81. The van der Waals surface area contributed by atoms with Crippen molar-refractivity contribution < 1.29 is 19.4 Å². The maximum absolute atomic E-state index is 11.5. The third-order valence-electron chi connectivity index (χ3n) is 2.70. The van der Waals surface area contributed by atoms with E-state index in [1.807, 2.05) is 0 Å². The van der Waals surface area contributed by atoms with Crippen LogP contribution < -0.4 is 11.1 Å². The Morgan fingerprint density at radius 1 is 1.62 bits per heavy atom. The molecule has 16 heavy (non-hydrogen) atoms. The molecule has 6 nitrogen and oxygen atoms in total. The van der Waals surface area contributed by atoms with Crippen molar-refractivity contribution in [1.29, 1.82) is 0 Å². The summed E-state index contributed by atoms with van der Waals surface area (Å²) >= 11 is 0. The molecule has 0 aromatic carbocycles. The average Bonchev–Trinajstić information content (AvgIpc) is 2.27. The Balaban J connectivity index is 2.29. The van der Waals surface area contributed by atoms with Crippen LogP contribution in [-0.2, 0) is 14.3 Å². The highest BCUT2D eigenvalue weighted by Crippen LogP contribution is 2.19. The molecule has 1 aliphatic heterocycles. The molecule has 0 radical (unpaired) electrons. The molecule has 0 aliphatic carbocycles. The van der Waals surface area contributed by atoms with Crippen LogP contribution in [0.15, 0.2) is 0 Å². The number of carbonyl (C=O) groups excluding carboxylic acids is 1. The second-order valence-corrected chi connectivity index (χ2v) is 4.12. The van der Waals surface area contributed by atoms with Crippen LogP contribution >= 0.6 is 0 Å². The van der Waals surface area contributed by atoms with Gasteiger partial charge in [-0.2, -0.15) is 0 Å². The molecular weight excluding hydrogens is 212 g/mol. The number of rotatable bonds is 5. The fourth-order valence-electron chi connectivity index (χ4n) is 1.57. The number of methoxy groups -OCH3 is 1. The standard InChI is InChI=1S/C10H20N2O4/c1-15-6-8(11)9(13)12-7-10(14)2-4-16-5-3-10/h8,14H,2-7,11H2,1H3,(H,12,13). The number of nitrogens with two attached hydrogens (primary N) is 1. The SMILES string of the molecule is COCC(N)C(=O)NCC1(O)CCOCC1. The lowest BCUT2D eigenvalue weighted by atomic mass is 9.94. The zero-order valence-corrected chi connectivity index (χ0v) is 9.57. The third kappa shape index (κ3) is 4.05. The number of carbonyl (C=O) groups is 1. The summed E-state index contributed by atoms with van der Waals surface area (Å²) in [5, 5.41) is 12.7. The average molecular weight is 232 g/mol. The summed E-state index contributed by atoms with van der Waals surface area (Å²) in [5.41, 5.74) is 4.68. The molecule has 4 N–H and O–H groups in total. The number of aliphatic hydroxyl groups is 1. The fourth-order valence-corrected chi connectivity index (χ4v) is 1.57. The summed E-state index contributed by atoms with van der Waals surface area (Å²) in [5.74, 6) is -0.304. The molecule has 1 atom stereocenters. The number of hydrogen-bond acceptors (Lipinski definition) is 5. The number of amides is 1. The summed E-state index contributed by atoms with van der Waals surface area (Å²) in [6, 6.07) is -0.687. The van der Waals surface area contributed by atoms with Gasteiger partial charge in [-0.15, -0.1) is 0 Å². The van der Waals surface area contributed by atoms with E-state index in [0.717, 1.165) is 0 Å². The van der Waals surface area contributed by atoms with Crippen LogP contribution in [0.3, 0.4) is 0 Å². The van der Waals surface area contributed by atoms with E-state index in [2.05, 4.69) is 5.32 Å². The van der Waals surface area contributed by atoms with Crippen molar-refractivity contribution in [2.24, 2.45) is 5.73 Å². The van der Waals surface area contributed by atoms with Crippen LogP contribution in [0.5, 0.6) is 0 Å². The highest BCUT2D eigenvalue weighted by atomic mass is 16.5.